The first-order chi connectivity index (χ1) is 9.33. The molecular weight excluding hydrogens is 308 g/mol. The molecule has 6 heteroatoms. The Kier molecular flexibility index (Phi) is 3.79. The zero-order valence-corrected chi connectivity index (χ0v) is 12.1. The molecular formula is C13H15BrN4O. The minimum Gasteiger partial charge on any atom is -0.493 e. The van der Waals surface area contributed by atoms with Crippen molar-refractivity contribution < 1.29 is 4.74 Å². The highest BCUT2D eigenvalue weighted by Crippen LogP contribution is 2.32. The second kappa shape index (κ2) is 5.71. The van der Waals surface area contributed by atoms with Gasteiger partial charge >= 0.3 is 0 Å². The van der Waals surface area contributed by atoms with Gasteiger partial charge in [0.1, 0.15) is 5.75 Å². The van der Waals surface area contributed by atoms with Crippen LogP contribution in [0.3, 0.4) is 0 Å². The fourth-order valence-electron chi connectivity index (χ4n) is 2.25. The number of fused-ring (bicyclic) bond motifs is 1. The van der Waals surface area contributed by atoms with E-state index in [0.29, 0.717) is 0 Å². The van der Waals surface area contributed by atoms with Crippen LogP contribution in [0.25, 0.3) is 0 Å². The molecule has 1 aliphatic heterocycles. The van der Waals surface area contributed by atoms with Gasteiger partial charge in [-0.2, -0.15) is 0 Å². The van der Waals surface area contributed by atoms with Gasteiger partial charge in [0.2, 0.25) is 0 Å². The van der Waals surface area contributed by atoms with Crippen LogP contribution in [0.1, 0.15) is 11.1 Å². The molecule has 0 aliphatic carbocycles. The monoisotopic (exact) mass is 322 g/mol. The molecule has 0 saturated carbocycles. The number of nitrogens with zero attached hydrogens (tertiary/aromatic N) is 3. The average Bonchev–Trinajstić information content (AvgIpc) is 3.04. The molecule has 0 fully saturated rings. The minimum atomic E-state index is 0.789. The summed E-state index contributed by atoms with van der Waals surface area (Å²) in [4.78, 5) is 0. The predicted octanol–water partition coefficient (Wildman–Crippen LogP) is 1.77. The fourth-order valence-corrected chi connectivity index (χ4v) is 2.80. The van der Waals surface area contributed by atoms with E-state index in [9.17, 15) is 0 Å². The summed E-state index contributed by atoms with van der Waals surface area (Å²) in [6, 6.07) is 4.26. The van der Waals surface area contributed by atoms with Gasteiger partial charge in [0.05, 0.1) is 19.3 Å². The van der Waals surface area contributed by atoms with Crippen LogP contribution >= 0.6 is 15.9 Å². The lowest BCUT2D eigenvalue weighted by Gasteiger charge is -2.10. The maximum absolute atomic E-state index is 5.70. The molecule has 1 aromatic carbocycles. The minimum absolute atomic E-state index is 0.789. The molecule has 0 radical (unpaired) electrons. The lowest BCUT2D eigenvalue weighted by Crippen LogP contribution is -2.20. The van der Waals surface area contributed by atoms with Crippen LogP contribution in [0.5, 0.6) is 5.75 Å². The topological polar surface area (TPSA) is 52.0 Å². The van der Waals surface area contributed by atoms with Crippen LogP contribution < -0.4 is 10.1 Å². The summed E-state index contributed by atoms with van der Waals surface area (Å²) in [5, 5.41) is 11.1. The molecule has 0 amide bonds. The number of hydrogen-bond acceptors (Lipinski definition) is 4. The number of halogens is 1. The van der Waals surface area contributed by atoms with Gasteiger partial charge in [0.15, 0.2) is 0 Å². The second-order valence-corrected chi connectivity index (χ2v) is 5.41. The molecule has 0 unspecified atom stereocenters. The van der Waals surface area contributed by atoms with E-state index in [1.165, 1.54) is 11.1 Å². The summed E-state index contributed by atoms with van der Waals surface area (Å²) < 4.78 is 8.63. The van der Waals surface area contributed by atoms with Crippen LogP contribution in [-0.4, -0.2) is 28.1 Å². The van der Waals surface area contributed by atoms with E-state index >= 15 is 0 Å². The molecule has 1 N–H and O–H groups in total. The second-order valence-electron chi connectivity index (χ2n) is 4.49. The molecule has 2 aromatic rings. The Bertz CT molecular complexity index is 556. The van der Waals surface area contributed by atoms with Crippen LogP contribution in [0.15, 0.2) is 29.0 Å². The first-order valence-electron chi connectivity index (χ1n) is 6.32. The van der Waals surface area contributed by atoms with Crippen molar-refractivity contribution in [2.24, 2.45) is 0 Å². The molecule has 0 bridgehead atoms. The first-order valence-corrected chi connectivity index (χ1v) is 7.11. The zero-order chi connectivity index (χ0) is 13.1. The average molecular weight is 323 g/mol. The van der Waals surface area contributed by atoms with Gasteiger partial charge in [-0.1, -0.05) is 21.1 Å². The number of benzene rings is 1. The van der Waals surface area contributed by atoms with Crippen molar-refractivity contribution in [2.45, 2.75) is 19.5 Å². The van der Waals surface area contributed by atoms with E-state index in [1.54, 1.807) is 6.20 Å². The summed E-state index contributed by atoms with van der Waals surface area (Å²) in [6.07, 6.45) is 4.55. The number of hydrogen-bond donors (Lipinski definition) is 1. The van der Waals surface area contributed by atoms with E-state index in [-0.39, 0.29) is 0 Å². The van der Waals surface area contributed by atoms with Crippen molar-refractivity contribution >= 4 is 15.9 Å². The Morgan fingerprint density at radius 3 is 3.21 bits per heavy atom. The highest BCUT2D eigenvalue weighted by Gasteiger charge is 2.16. The van der Waals surface area contributed by atoms with Gasteiger partial charge in [-0.25, -0.2) is 0 Å². The Morgan fingerprint density at radius 1 is 1.42 bits per heavy atom. The third-order valence-corrected chi connectivity index (χ3v) is 3.59. The van der Waals surface area contributed by atoms with Crippen molar-refractivity contribution in [3.05, 3.63) is 40.1 Å². The molecule has 2 heterocycles. The van der Waals surface area contributed by atoms with Gasteiger partial charge in [-0.15, -0.1) is 5.10 Å². The van der Waals surface area contributed by atoms with Crippen molar-refractivity contribution in [1.82, 2.24) is 20.3 Å². The molecule has 100 valence electrons. The summed E-state index contributed by atoms with van der Waals surface area (Å²) in [5.74, 6) is 1.05. The maximum Gasteiger partial charge on any atom is 0.127 e. The van der Waals surface area contributed by atoms with Crippen LogP contribution in [0.4, 0.5) is 0 Å². The number of ether oxygens (including phenoxy) is 1. The molecule has 3 rings (SSSR count). The molecule has 1 aromatic heterocycles. The van der Waals surface area contributed by atoms with E-state index in [0.717, 1.165) is 42.9 Å². The molecule has 1 aliphatic rings. The third kappa shape index (κ3) is 2.96. The van der Waals surface area contributed by atoms with Gasteiger partial charge in [0.25, 0.3) is 0 Å². The molecule has 0 spiro atoms. The van der Waals surface area contributed by atoms with Crippen LogP contribution in [-0.2, 0) is 19.5 Å². The van der Waals surface area contributed by atoms with Gasteiger partial charge in [0, 0.05) is 35.7 Å². The van der Waals surface area contributed by atoms with E-state index in [4.69, 9.17) is 4.74 Å². The number of rotatable bonds is 5. The fraction of sp³-hybridized carbons (Fsp3) is 0.385. The van der Waals surface area contributed by atoms with Crippen molar-refractivity contribution in [2.75, 3.05) is 13.2 Å². The predicted molar refractivity (Wildman–Crippen MR) is 75.1 cm³/mol. The van der Waals surface area contributed by atoms with E-state index < -0.39 is 0 Å². The van der Waals surface area contributed by atoms with Crippen molar-refractivity contribution in [3.8, 4) is 5.75 Å². The maximum atomic E-state index is 5.70. The summed E-state index contributed by atoms with van der Waals surface area (Å²) >= 11 is 3.55. The Labute approximate surface area is 120 Å². The molecule has 0 saturated heterocycles. The highest BCUT2D eigenvalue weighted by atomic mass is 79.9. The smallest absolute Gasteiger partial charge is 0.127 e. The van der Waals surface area contributed by atoms with Crippen molar-refractivity contribution in [1.29, 1.82) is 0 Å². The molecule has 5 nitrogen and oxygen atoms in total. The third-order valence-electron chi connectivity index (χ3n) is 3.13. The van der Waals surface area contributed by atoms with Gasteiger partial charge in [-0.05, 0) is 17.7 Å². The molecule has 0 atom stereocenters. The number of nitrogens with one attached hydrogen (secondary N) is 1. The Balaban J connectivity index is 1.58. The summed E-state index contributed by atoms with van der Waals surface area (Å²) in [5.41, 5.74) is 2.50. The van der Waals surface area contributed by atoms with Crippen LogP contribution in [0.2, 0.25) is 0 Å². The lowest BCUT2D eigenvalue weighted by atomic mass is 10.1. The van der Waals surface area contributed by atoms with E-state index in [2.05, 4.69) is 43.7 Å². The summed E-state index contributed by atoms with van der Waals surface area (Å²) in [7, 11) is 0. The quantitative estimate of drug-likeness (QED) is 0.852. The highest BCUT2D eigenvalue weighted by molar-refractivity contribution is 9.10. The zero-order valence-electron chi connectivity index (χ0n) is 10.5. The first kappa shape index (κ1) is 12.6. The normalized spacial score (nSPS) is 13.3. The van der Waals surface area contributed by atoms with Crippen molar-refractivity contribution in [3.63, 3.8) is 0 Å². The Hall–Kier alpha value is -1.40. The van der Waals surface area contributed by atoms with Gasteiger partial charge < -0.3 is 10.1 Å². The lowest BCUT2D eigenvalue weighted by molar-refractivity contribution is 0.352. The standard InChI is InChI=1S/C13H15BrN4O/c14-12-7-10-1-6-19-13(10)11(8-12)9-15-2-4-18-5-3-16-17-18/h3,5,7-8,15H,1-2,4,6,9H2. The Morgan fingerprint density at radius 2 is 2.37 bits per heavy atom. The van der Waals surface area contributed by atoms with Gasteiger partial charge in [-0.3, -0.25) is 4.68 Å². The summed E-state index contributed by atoms with van der Waals surface area (Å²) in [6.45, 7) is 3.26. The number of aromatic nitrogens is 3. The SMILES string of the molecule is Brc1cc2c(c(CNCCn3ccnn3)c1)OCC2. The van der Waals surface area contributed by atoms with E-state index in [1.807, 2.05) is 10.9 Å². The molecule has 19 heavy (non-hydrogen) atoms. The van der Waals surface area contributed by atoms with Crippen LogP contribution in [0, 0.1) is 0 Å². The largest absolute Gasteiger partial charge is 0.493 e.